The summed E-state index contributed by atoms with van der Waals surface area (Å²) in [5.41, 5.74) is 5.18. The molecular formula is C24H28N4O2. The van der Waals surface area contributed by atoms with Gasteiger partial charge in [0.15, 0.2) is 0 Å². The zero-order chi connectivity index (χ0) is 21.8. The number of anilines is 1. The number of hydrogen-bond donors (Lipinski definition) is 2. The first kappa shape index (κ1) is 21.3. The normalized spacial score (nSPS) is 11.8. The number of amides is 2. The Hall–Kier alpha value is -3.41. The highest BCUT2D eigenvalue weighted by molar-refractivity contribution is 5.95. The molecule has 2 N–H and O–H groups in total. The Morgan fingerprint density at radius 2 is 1.67 bits per heavy atom. The van der Waals surface area contributed by atoms with Gasteiger partial charge in [-0.1, -0.05) is 36.8 Å². The van der Waals surface area contributed by atoms with Crippen molar-refractivity contribution in [3.63, 3.8) is 0 Å². The van der Waals surface area contributed by atoms with Gasteiger partial charge in [-0.25, -0.2) is 4.68 Å². The summed E-state index contributed by atoms with van der Waals surface area (Å²) in [4.78, 5) is 24.3. The lowest BCUT2D eigenvalue weighted by atomic mass is 10.0. The maximum atomic E-state index is 12.4. The van der Waals surface area contributed by atoms with Crippen molar-refractivity contribution >= 4 is 17.6 Å². The Balaban J connectivity index is 2.01. The molecule has 0 aliphatic rings. The molecule has 0 aliphatic heterocycles. The number of benzene rings is 2. The predicted octanol–water partition coefficient (Wildman–Crippen LogP) is 4.64. The zero-order valence-corrected chi connectivity index (χ0v) is 18.1. The highest BCUT2D eigenvalue weighted by atomic mass is 16.2. The van der Waals surface area contributed by atoms with Gasteiger partial charge in [-0.3, -0.25) is 9.59 Å². The maximum Gasteiger partial charge on any atom is 0.251 e. The summed E-state index contributed by atoms with van der Waals surface area (Å²) in [6.07, 6.45) is 0.873. The number of nitrogens with zero attached hydrogens (tertiary/aromatic N) is 2. The third kappa shape index (κ3) is 4.59. The van der Waals surface area contributed by atoms with Crippen LogP contribution in [0.3, 0.4) is 0 Å². The molecular weight excluding hydrogens is 376 g/mol. The van der Waals surface area contributed by atoms with E-state index in [4.69, 9.17) is 0 Å². The van der Waals surface area contributed by atoms with E-state index in [1.54, 1.807) is 16.8 Å². The van der Waals surface area contributed by atoms with Crippen molar-refractivity contribution in [1.29, 1.82) is 0 Å². The number of hydrogen-bond acceptors (Lipinski definition) is 3. The molecule has 3 rings (SSSR count). The van der Waals surface area contributed by atoms with Gasteiger partial charge in [-0.2, -0.15) is 5.10 Å². The first-order chi connectivity index (χ1) is 14.3. The monoisotopic (exact) mass is 404 g/mol. The third-order valence-corrected chi connectivity index (χ3v) is 5.06. The maximum absolute atomic E-state index is 12.4. The topological polar surface area (TPSA) is 76.0 Å². The van der Waals surface area contributed by atoms with Gasteiger partial charge in [0.1, 0.15) is 5.82 Å². The van der Waals surface area contributed by atoms with E-state index in [2.05, 4.69) is 15.7 Å². The Morgan fingerprint density at radius 1 is 1.03 bits per heavy atom. The summed E-state index contributed by atoms with van der Waals surface area (Å²) in [6, 6.07) is 15.5. The van der Waals surface area contributed by atoms with Gasteiger partial charge in [0.25, 0.3) is 5.91 Å². The molecule has 0 saturated carbocycles. The predicted molar refractivity (Wildman–Crippen MR) is 120 cm³/mol. The van der Waals surface area contributed by atoms with Gasteiger partial charge in [-0.15, -0.1) is 0 Å². The summed E-state index contributed by atoms with van der Waals surface area (Å²) in [5, 5.41) is 10.6. The fourth-order valence-electron chi connectivity index (χ4n) is 3.23. The Kier molecular flexibility index (Phi) is 6.35. The summed E-state index contributed by atoms with van der Waals surface area (Å²) in [7, 11) is 0. The quantitative estimate of drug-likeness (QED) is 0.628. The second-order valence-corrected chi connectivity index (χ2v) is 7.60. The van der Waals surface area contributed by atoms with Crippen molar-refractivity contribution in [2.24, 2.45) is 0 Å². The number of rotatable bonds is 6. The first-order valence-corrected chi connectivity index (χ1v) is 10.2. The Bertz CT molecular complexity index is 1050. The third-order valence-electron chi connectivity index (χ3n) is 5.06. The van der Waals surface area contributed by atoms with E-state index in [-0.39, 0.29) is 17.9 Å². The van der Waals surface area contributed by atoms with E-state index in [0.717, 1.165) is 34.5 Å². The molecule has 0 fully saturated rings. The van der Waals surface area contributed by atoms with Crippen molar-refractivity contribution < 1.29 is 9.59 Å². The van der Waals surface area contributed by atoms with Crippen molar-refractivity contribution in [3.05, 3.63) is 65.4 Å². The molecule has 2 amide bonds. The molecule has 1 aromatic heterocycles. The Morgan fingerprint density at radius 3 is 2.23 bits per heavy atom. The molecule has 6 nitrogen and oxygen atoms in total. The summed E-state index contributed by atoms with van der Waals surface area (Å²) < 4.78 is 1.71. The van der Waals surface area contributed by atoms with Crippen molar-refractivity contribution in [2.75, 3.05) is 5.32 Å². The molecule has 156 valence electrons. The van der Waals surface area contributed by atoms with E-state index in [0.29, 0.717) is 11.4 Å². The van der Waals surface area contributed by atoms with Crippen LogP contribution in [0, 0.1) is 13.8 Å². The molecule has 3 aromatic rings. The molecule has 0 bridgehead atoms. The number of carbonyl (C=O) groups excluding carboxylic acids is 2. The lowest BCUT2D eigenvalue weighted by Gasteiger charge is -2.13. The molecule has 0 radical (unpaired) electrons. The number of carbonyl (C=O) groups is 2. The SMILES string of the molecule is CC[C@@H](C)NC(=O)c1ccc(-n2nc(C)c(-c3ccc(C)cc3)c2NC(C)=O)cc1. The van der Waals surface area contributed by atoms with Gasteiger partial charge >= 0.3 is 0 Å². The molecule has 0 unspecified atom stereocenters. The molecule has 30 heavy (non-hydrogen) atoms. The highest BCUT2D eigenvalue weighted by Gasteiger charge is 2.19. The average molecular weight is 405 g/mol. The van der Waals surface area contributed by atoms with Gasteiger partial charge in [0, 0.05) is 24.1 Å². The van der Waals surface area contributed by atoms with Crippen LogP contribution in [0.25, 0.3) is 16.8 Å². The van der Waals surface area contributed by atoms with Crippen LogP contribution in [0.2, 0.25) is 0 Å². The van der Waals surface area contributed by atoms with E-state index in [1.807, 2.05) is 64.1 Å². The van der Waals surface area contributed by atoms with Crippen LogP contribution >= 0.6 is 0 Å². The van der Waals surface area contributed by atoms with Gasteiger partial charge < -0.3 is 10.6 Å². The summed E-state index contributed by atoms with van der Waals surface area (Å²) in [6.45, 7) is 9.45. The van der Waals surface area contributed by atoms with Crippen LogP contribution in [0.4, 0.5) is 5.82 Å². The first-order valence-electron chi connectivity index (χ1n) is 10.2. The lowest BCUT2D eigenvalue weighted by Crippen LogP contribution is -2.31. The molecule has 0 aliphatic carbocycles. The largest absolute Gasteiger partial charge is 0.350 e. The number of nitrogens with one attached hydrogen (secondary N) is 2. The minimum absolute atomic E-state index is 0.102. The molecule has 6 heteroatoms. The van der Waals surface area contributed by atoms with Crippen LogP contribution in [0.1, 0.15) is 48.8 Å². The second-order valence-electron chi connectivity index (χ2n) is 7.60. The number of aromatic nitrogens is 2. The Labute approximate surface area is 177 Å². The van der Waals surface area contributed by atoms with Crippen LogP contribution in [-0.4, -0.2) is 27.6 Å². The minimum atomic E-state index is -0.172. The molecule has 0 saturated heterocycles. The van der Waals surface area contributed by atoms with Crippen LogP contribution in [0.15, 0.2) is 48.5 Å². The second kappa shape index (κ2) is 8.95. The van der Waals surface area contributed by atoms with Crippen LogP contribution in [-0.2, 0) is 4.79 Å². The van der Waals surface area contributed by atoms with E-state index >= 15 is 0 Å². The zero-order valence-electron chi connectivity index (χ0n) is 18.1. The van der Waals surface area contributed by atoms with E-state index in [1.165, 1.54) is 6.92 Å². The molecule has 2 aromatic carbocycles. The lowest BCUT2D eigenvalue weighted by molar-refractivity contribution is -0.114. The summed E-state index contributed by atoms with van der Waals surface area (Å²) in [5.74, 6) is 0.338. The van der Waals surface area contributed by atoms with E-state index in [9.17, 15) is 9.59 Å². The molecule has 1 heterocycles. The minimum Gasteiger partial charge on any atom is -0.350 e. The standard InChI is InChI=1S/C24H28N4O2/c1-6-16(3)25-24(30)20-11-13-21(14-12-20)28-23(26-18(5)29)22(17(4)27-28)19-9-7-15(2)8-10-19/h7-14,16H,6H2,1-5H3,(H,25,30)(H,26,29)/t16-/m1/s1. The van der Waals surface area contributed by atoms with Gasteiger partial charge in [0.05, 0.1) is 11.4 Å². The van der Waals surface area contributed by atoms with Crippen LogP contribution < -0.4 is 10.6 Å². The van der Waals surface area contributed by atoms with Crippen molar-refractivity contribution in [1.82, 2.24) is 15.1 Å². The van der Waals surface area contributed by atoms with Crippen molar-refractivity contribution in [3.8, 4) is 16.8 Å². The van der Waals surface area contributed by atoms with Gasteiger partial charge in [-0.05, 0) is 57.0 Å². The molecule has 0 spiro atoms. The van der Waals surface area contributed by atoms with E-state index < -0.39 is 0 Å². The van der Waals surface area contributed by atoms with Gasteiger partial charge in [0.2, 0.25) is 5.91 Å². The average Bonchev–Trinajstić information content (AvgIpc) is 3.03. The summed E-state index contributed by atoms with van der Waals surface area (Å²) >= 11 is 0. The fraction of sp³-hybridized carbons (Fsp3) is 0.292. The van der Waals surface area contributed by atoms with Crippen LogP contribution in [0.5, 0.6) is 0 Å². The highest BCUT2D eigenvalue weighted by Crippen LogP contribution is 2.33. The number of aryl methyl sites for hydroxylation is 2. The molecule has 1 atom stereocenters. The smallest absolute Gasteiger partial charge is 0.251 e. The van der Waals surface area contributed by atoms with Crippen molar-refractivity contribution in [2.45, 2.75) is 47.1 Å². The fourth-order valence-corrected chi connectivity index (χ4v) is 3.23.